The standard InChI is InChI=1S/C32H36N4O4/c1-7-29(37)35-27-13-18(3)9-12-24(27)23-15-25(21(6)28(16-23)36(8-2)32(40)22-10-11-22)30(38)33-17-26-19(4)14-20(5)34-31(26)39/h7,9,12-16,22H,1,8,10-11,17H2,2-6H3,(H,33,38)(H,34,39)(H,35,37). The van der Waals surface area contributed by atoms with Crippen LogP contribution in [-0.2, 0) is 16.1 Å². The van der Waals surface area contributed by atoms with Gasteiger partial charge < -0.3 is 20.5 Å². The Morgan fingerprint density at radius 2 is 1.80 bits per heavy atom. The number of pyridine rings is 1. The number of anilines is 2. The first-order valence-corrected chi connectivity index (χ1v) is 13.5. The van der Waals surface area contributed by atoms with Crippen LogP contribution in [0, 0.1) is 33.6 Å². The molecule has 0 aliphatic heterocycles. The number of benzene rings is 2. The highest BCUT2D eigenvalue weighted by molar-refractivity contribution is 6.05. The van der Waals surface area contributed by atoms with Crippen molar-refractivity contribution < 1.29 is 14.4 Å². The van der Waals surface area contributed by atoms with E-state index in [1.807, 2.05) is 65.0 Å². The van der Waals surface area contributed by atoms with E-state index < -0.39 is 0 Å². The zero-order valence-electron chi connectivity index (χ0n) is 23.7. The summed E-state index contributed by atoms with van der Waals surface area (Å²) in [4.78, 5) is 56.2. The maximum Gasteiger partial charge on any atom is 0.253 e. The molecule has 0 bridgehead atoms. The van der Waals surface area contributed by atoms with Crippen molar-refractivity contribution in [1.82, 2.24) is 10.3 Å². The van der Waals surface area contributed by atoms with E-state index in [9.17, 15) is 19.2 Å². The molecule has 3 aromatic rings. The Bertz CT molecular complexity index is 1570. The van der Waals surface area contributed by atoms with Crippen LogP contribution in [0.15, 0.2) is 53.8 Å². The van der Waals surface area contributed by atoms with Gasteiger partial charge in [-0.2, -0.15) is 0 Å². The second-order valence-electron chi connectivity index (χ2n) is 10.4. The molecule has 0 saturated heterocycles. The second-order valence-corrected chi connectivity index (χ2v) is 10.4. The Morgan fingerprint density at radius 1 is 1.07 bits per heavy atom. The molecule has 8 heteroatoms. The molecular formula is C32H36N4O4. The van der Waals surface area contributed by atoms with Crippen molar-refractivity contribution in [3.8, 4) is 11.1 Å². The summed E-state index contributed by atoms with van der Waals surface area (Å²) in [5.41, 5.74) is 6.40. The summed E-state index contributed by atoms with van der Waals surface area (Å²) in [6.45, 7) is 13.4. The molecule has 8 nitrogen and oxygen atoms in total. The molecule has 1 aromatic heterocycles. The molecule has 1 aliphatic carbocycles. The quantitative estimate of drug-likeness (QED) is 0.328. The smallest absolute Gasteiger partial charge is 0.253 e. The minimum atomic E-state index is -0.362. The average molecular weight is 541 g/mol. The molecule has 1 heterocycles. The minimum absolute atomic E-state index is 0.00154. The maximum absolute atomic E-state index is 13.6. The largest absolute Gasteiger partial charge is 0.348 e. The number of rotatable bonds is 9. The van der Waals surface area contributed by atoms with Crippen LogP contribution in [0.5, 0.6) is 0 Å². The summed E-state index contributed by atoms with van der Waals surface area (Å²) in [6, 6.07) is 11.2. The van der Waals surface area contributed by atoms with Crippen molar-refractivity contribution in [1.29, 1.82) is 0 Å². The summed E-state index contributed by atoms with van der Waals surface area (Å²) in [5, 5.41) is 5.77. The number of carbonyl (C=O) groups excluding carboxylic acids is 3. The van der Waals surface area contributed by atoms with Crippen LogP contribution in [0.4, 0.5) is 11.4 Å². The molecule has 208 valence electrons. The number of amides is 3. The van der Waals surface area contributed by atoms with Crippen LogP contribution in [0.2, 0.25) is 0 Å². The average Bonchev–Trinajstić information content (AvgIpc) is 3.75. The monoisotopic (exact) mass is 540 g/mol. The molecule has 0 spiro atoms. The van der Waals surface area contributed by atoms with E-state index in [4.69, 9.17) is 0 Å². The van der Waals surface area contributed by atoms with Crippen molar-refractivity contribution in [2.24, 2.45) is 5.92 Å². The Hall–Kier alpha value is -4.46. The van der Waals surface area contributed by atoms with Gasteiger partial charge in [-0.3, -0.25) is 19.2 Å². The van der Waals surface area contributed by atoms with Gasteiger partial charge in [0.25, 0.3) is 11.5 Å². The summed E-state index contributed by atoms with van der Waals surface area (Å²) in [5.74, 6) is -0.674. The number of aromatic nitrogens is 1. The van der Waals surface area contributed by atoms with E-state index in [1.54, 1.807) is 11.0 Å². The van der Waals surface area contributed by atoms with Crippen LogP contribution in [0.1, 0.15) is 58.1 Å². The van der Waals surface area contributed by atoms with Gasteiger partial charge in [-0.1, -0.05) is 18.7 Å². The van der Waals surface area contributed by atoms with Gasteiger partial charge in [-0.15, -0.1) is 0 Å². The van der Waals surface area contributed by atoms with E-state index >= 15 is 0 Å². The highest BCUT2D eigenvalue weighted by Crippen LogP contribution is 2.38. The third-order valence-electron chi connectivity index (χ3n) is 7.27. The summed E-state index contributed by atoms with van der Waals surface area (Å²) >= 11 is 0. The molecule has 0 atom stereocenters. The molecule has 1 fully saturated rings. The number of hydrogen-bond acceptors (Lipinski definition) is 4. The van der Waals surface area contributed by atoms with E-state index in [0.29, 0.717) is 45.7 Å². The van der Waals surface area contributed by atoms with Gasteiger partial charge in [-0.25, -0.2) is 0 Å². The third-order valence-corrected chi connectivity index (χ3v) is 7.27. The van der Waals surface area contributed by atoms with Crippen LogP contribution in [-0.4, -0.2) is 29.3 Å². The Labute approximate surface area is 234 Å². The summed E-state index contributed by atoms with van der Waals surface area (Å²) < 4.78 is 0. The van der Waals surface area contributed by atoms with Crippen LogP contribution in [0.3, 0.4) is 0 Å². The number of H-pyrrole nitrogens is 1. The second kappa shape index (κ2) is 11.7. The Balaban J connectivity index is 1.82. The van der Waals surface area contributed by atoms with Gasteiger partial charge in [0.1, 0.15) is 0 Å². The number of hydrogen-bond donors (Lipinski definition) is 3. The van der Waals surface area contributed by atoms with E-state index in [1.165, 1.54) is 6.08 Å². The third kappa shape index (κ3) is 6.06. The lowest BCUT2D eigenvalue weighted by atomic mass is 9.94. The lowest BCUT2D eigenvalue weighted by molar-refractivity contribution is -0.119. The van der Waals surface area contributed by atoms with Gasteiger partial charge in [0.15, 0.2) is 0 Å². The van der Waals surface area contributed by atoms with Crippen molar-refractivity contribution in [2.45, 2.75) is 54.0 Å². The summed E-state index contributed by atoms with van der Waals surface area (Å²) in [7, 11) is 0. The Morgan fingerprint density at radius 3 is 2.42 bits per heavy atom. The first-order chi connectivity index (χ1) is 19.0. The fourth-order valence-corrected chi connectivity index (χ4v) is 4.93. The number of carbonyl (C=O) groups is 3. The van der Waals surface area contributed by atoms with Crippen molar-refractivity contribution in [3.05, 3.63) is 92.9 Å². The van der Waals surface area contributed by atoms with Crippen LogP contribution < -0.4 is 21.1 Å². The lowest BCUT2D eigenvalue weighted by Crippen LogP contribution is -2.33. The fourth-order valence-electron chi connectivity index (χ4n) is 4.93. The summed E-state index contributed by atoms with van der Waals surface area (Å²) in [6.07, 6.45) is 2.93. The molecule has 3 N–H and O–H groups in total. The van der Waals surface area contributed by atoms with E-state index in [0.717, 1.165) is 29.7 Å². The zero-order valence-corrected chi connectivity index (χ0v) is 23.7. The molecular weight excluding hydrogens is 504 g/mol. The SMILES string of the molecule is C=CC(=O)Nc1cc(C)ccc1-c1cc(C(=O)NCc2c(C)cc(C)[nH]c2=O)c(C)c(N(CC)C(=O)C2CC2)c1. The molecule has 0 unspecified atom stereocenters. The number of aromatic amines is 1. The first-order valence-electron chi connectivity index (χ1n) is 13.5. The normalized spacial score (nSPS) is 12.5. The first kappa shape index (κ1) is 28.5. The molecule has 40 heavy (non-hydrogen) atoms. The lowest BCUT2D eigenvalue weighted by Gasteiger charge is -2.26. The van der Waals surface area contributed by atoms with E-state index in [-0.39, 0.29) is 35.7 Å². The van der Waals surface area contributed by atoms with Crippen molar-refractivity contribution in [2.75, 3.05) is 16.8 Å². The molecule has 4 rings (SSSR count). The van der Waals surface area contributed by atoms with Gasteiger partial charge in [0.05, 0.1) is 0 Å². The number of aryl methyl sites for hydroxylation is 3. The maximum atomic E-state index is 13.6. The van der Waals surface area contributed by atoms with Crippen LogP contribution >= 0.6 is 0 Å². The predicted molar refractivity (Wildman–Crippen MR) is 159 cm³/mol. The zero-order chi connectivity index (χ0) is 29.1. The predicted octanol–water partition coefficient (Wildman–Crippen LogP) is 5.09. The topological polar surface area (TPSA) is 111 Å². The fraction of sp³-hybridized carbons (Fsp3) is 0.312. The molecule has 0 radical (unpaired) electrons. The molecule has 1 saturated carbocycles. The van der Waals surface area contributed by atoms with E-state index in [2.05, 4.69) is 22.2 Å². The Kier molecular flexibility index (Phi) is 8.38. The van der Waals surface area contributed by atoms with Gasteiger partial charge in [0.2, 0.25) is 11.8 Å². The minimum Gasteiger partial charge on any atom is -0.348 e. The molecule has 3 amide bonds. The van der Waals surface area contributed by atoms with Crippen LogP contribution in [0.25, 0.3) is 11.1 Å². The highest BCUT2D eigenvalue weighted by atomic mass is 16.2. The van der Waals surface area contributed by atoms with Crippen molar-refractivity contribution >= 4 is 29.1 Å². The molecule has 1 aliphatic rings. The number of nitrogens with zero attached hydrogens (tertiary/aromatic N) is 1. The van der Waals surface area contributed by atoms with Crippen molar-refractivity contribution in [3.63, 3.8) is 0 Å². The van der Waals surface area contributed by atoms with Gasteiger partial charge in [-0.05, 0) is 100 Å². The van der Waals surface area contributed by atoms with Gasteiger partial charge in [0, 0.05) is 52.8 Å². The number of nitrogens with one attached hydrogen (secondary N) is 3. The van der Waals surface area contributed by atoms with Gasteiger partial charge >= 0.3 is 0 Å². The highest BCUT2D eigenvalue weighted by Gasteiger charge is 2.34. The molecule has 2 aromatic carbocycles.